The Morgan fingerprint density at radius 2 is 1.90 bits per heavy atom. The third kappa shape index (κ3) is 4.66. The Morgan fingerprint density at radius 3 is 2.38 bits per heavy atom. The Hall–Kier alpha value is -1.18. The summed E-state index contributed by atoms with van der Waals surface area (Å²) >= 11 is 0. The van der Waals surface area contributed by atoms with Gasteiger partial charge in [0.15, 0.2) is 0 Å². The van der Waals surface area contributed by atoms with E-state index in [-0.39, 0.29) is 22.2 Å². The van der Waals surface area contributed by atoms with Crippen LogP contribution >= 0.6 is 0 Å². The molecule has 0 amide bonds. The van der Waals surface area contributed by atoms with E-state index in [1.807, 2.05) is 13.8 Å². The minimum absolute atomic E-state index is 0.131. The van der Waals surface area contributed by atoms with Crippen molar-refractivity contribution in [3.8, 4) is 0 Å². The van der Waals surface area contributed by atoms with Gasteiger partial charge in [-0.25, -0.2) is 17.5 Å². The lowest BCUT2D eigenvalue weighted by atomic mass is 10.2. The molecular formula is C14H24FN3O2S. The van der Waals surface area contributed by atoms with Crippen molar-refractivity contribution in [1.29, 1.82) is 0 Å². The largest absolute Gasteiger partial charge is 0.398 e. The second-order valence-electron chi connectivity index (χ2n) is 5.13. The first-order valence-electron chi connectivity index (χ1n) is 7.01. The molecule has 1 rings (SSSR count). The van der Waals surface area contributed by atoms with Crippen molar-refractivity contribution >= 4 is 15.7 Å². The summed E-state index contributed by atoms with van der Waals surface area (Å²) in [5.74, 6) is -0.619. The number of anilines is 1. The molecular weight excluding hydrogens is 293 g/mol. The van der Waals surface area contributed by atoms with Crippen LogP contribution in [0.4, 0.5) is 10.1 Å². The maximum Gasteiger partial charge on any atom is 0.241 e. The molecule has 7 heteroatoms. The van der Waals surface area contributed by atoms with Crippen LogP contribution in [0.3, 0.4) is 0 Å². The van der Waals surface area contributed by atoms with Crippen molar-refractivity contribution in [2.45, 2.75) is 38.6 Å². The van der Waals surface area contributed by atoms with E-state index in [1.54, 1.807) is 6.92 Å². The highest BCUT2D eigenvalue weighted by Gasteiger charge is 2.20. The molecule has 0 aliphatic heterocycles. The number of nitrogens with two attached hydrogens (primary N) is 1. The standard InChI is InChI=1S/C14H24FN3O2S/c1-5-18(6-2)9-10(3)17-21(19,20)12-7-13(15)11(4)14(16)8-12/h7-8,10,17H,5-6,9,16H2,1-4H3. The lowest BCUT2D eigenvalue weighted by molar-refractivity contribution is 0.282. The average Bonchev–Trinajstić information content (AvgIpc) is 2.40. The molecule has 1 aromatic rings. The van der Waals surface area contributed by atoms with Gasteiger partial charge in [-0.2, -0.15) is 0 Å². The summed E-state index contributed by atoms with van der Waals surface area (Å²) in [5, 5.41) is 0. The number of benzene rings is 1. The monoisotopic (exact) mass is 317 g/mol. The van der Waals surface area contributed by atoms with E-state index in [1.165, 1.54) is 13.0 Å². The summed E-state index contributed by atoms with van der Waals surface area (Å²) in [6, 6.07) is 2.00. The van der Waals surface area contributed by atoms with Crippen LogP contribution in [0, 0.1) is 12.7 Å². The van der Waals surface area contributed by atoms with Crippen LogP contribution in [0.5, 0.6) is 0 Å². The van der Waals surface area contributed by atoms with Gasteiger partial charge in [0.2, 0.25) is 10.0 Å². The molecule has 0 radical (unpaired) electrons. The first-order valence-corrected chi connectivity index (χ1v) is 8.49. The number of halogens is 1. The van der Waals surface area contributed by atoms with Crippen molar-refractivity contribution in [3.05, 3.63) is 23.5 Å². The Kier molecular flexibility index (Phi) is 6.12. The summed E-state index contributed by atoms with van der Waals surface area (Å²) in [6.45, 7) is 9.60. The molecule has 0 spiro atoms. The number of rotatable bonds is 7. The quantitative estimate of drug-likeness (QED) is 0.751. The van der Waals surface area contributed by atoms with Crippen molar-refractivity contribution in [3.63, 3.8) is 0 Å². The molecule has 0 aromatic heterocycles. The van der Waals surface area contributed by atoms with Crippen LogP contribution in [0.1, 0.15) is 26.3 Å². The summed E-state index contributed by atoms with van der Waals surface area (Å²) < 4.78 is 40.7. The average molecular weight is 317 g/mol. The Labute approximate surface area is 126 Å². The summed E-state index contributed by atoms with van der Waals surface area (Å²) in [5.41, 5.74) is 6.02. The molecule has 5 nitrogen and oxygen atoms in total. The van der Waals surface area contributed by atoms with E-state index in [4.69, 9.17) is 5.73 Å². The van der Waals surface area contributed by atoms with E-state index < -0.39 is 15.8 Å². The third-order valence-corrected chi connectivity index (χ3v) is 5.02. The van der Waals surface area contributed by atoms with Crippen molar-refractivity contribution in [1.82, 2.24) is 9.62 Å². The van der Waals surface area contributed by atoms with Gasteiger partial charge in [-0.15, -0.1) is 0 Å². The molecule has 21 heavy (non-hydrogen) atoms. The summed E-state index contributed by atoms with van der Waals surface area (Å²) in [4.78, 5) is 1.96. The number of likely N-dealkylation sites (N-methyl/N-ethyl adjacent to an activating group) is 1. The SMILES string of the molecule is CCN(CC)CC(C)NS(=O)(=O)c1cc(N)c(C)c(F)c1. The van der Waals surface area contributed by atoms with Gasteiger partial charge in [-0.3, -0.25) is 0 Å². The Balaban J connectivity index is 2.92. The highest BCUT2D eigenvalue weighted by Crippen LogP contribution is 2.21. The minimum atomic E-state index is -3.78. The van der Waals surface area contributed by atoms with Gasteiger partial charge in [0.25, 0.3) is 0 Å². The molecule has 120 valence electrons. The molecule has 0 aliphatic rings. The predicted molar refractivity (Wildman–Crippen MR) is 83.1 cm³/mol. The van der Waals surface area contributed by atoms with Crippen molar-refractivity contribution in [2.24, 2.45) is 0 Å². The molecule has 0 fully saturated rings. The van der Waals surface area contributed by atoms with Crippen LogP contribution < -0.4 is 10.5 Å². The normalized spacial score (nSPS) is 13.6. The van der Waals surface area contributed by atoms with E-state index in [0.29, 0.717) is 6.54 Å². The molecule has 0 saturated carbocycles. The van der Waals surface area contributed by atoms with Gasteiger partial charge in [-0.1, -0.05) is 13.8 Å². The van der Waals surface area contributed by atoms with E-state index in [2.05, 4.69) is 9.62 Å². The zero-order chi connectivity index (χ0) is 16.2. The Morgan fingerprint density at radius 1 is 1.33 bits per heavy atom. The maximum absolute atomic E-state index is 13.6. The van der Waals surface area contributed by atoms with E-state index >= 15 is 0 Å². The van der Waals surface area contributed by atoms with Crippen LogP contribution in [-0.4, -0.2) is 39.0 Å². The second-order valence-corrected chi connectivity index (χ2v) is 6.84. The molecule has 0 bridgehead atoms. The van der Waals surface area contributed by atoms with Crippen LogP contribution in [-0.2, 0) is 10.0 Å². The molecule has 0 saturated heterocycles. The number of nitrogen functional groups attached to an aromatic ring is 1. The molecule has 1 atom stereocenters. The van der Waals surface area contributed by atoms with Crippen LogP contribution in [0.25, 0.3) is 0 Å². The topological polar surface area (TPSA) is 75.4 Å². The zero-order valence-corrected chi connectivity index (χ0v) is 13.8. The second kappa shape index (κ2) is 7.20. The van der Waals surface area contributed by atoms with Crippen LogP contribution in [0.15, 0.2) is 17.0 Å². The van der Waals surface area contributed by atoms with Crippen molar-refractivity contribution < 1.29 is 12.8 Å². The van der Waals surface area contributed by atoms with Crippen LogP contribution in [0.2, 0.25) is 0 Å². The number of nitrogens with zero attached hydrogens (tertiary/aromatic N) is 1. The Bertz CT molecular complexity index is 563. The first-order chi connectivity index (χ1) is 9.71. The van der Waals surface area contributed by atoms with E-state index in [9.17, 15) is 12.8 Å². The smallest absolute Gasteiger partial charge is 0.241 e. The minimum Gasteiger partial charge on any atom is -0.398 e. The third-order valence-electron chi connectivity index (χ3n) is 3.45. The fraction of sp³-hybridized carbons (Fsp3) is 0.571. The van der Waals surface area contributed by atoms with Crippen molar-refractivity contribution in [2.75, 3.05) is 25.4 Å². The first kappa shape index (κ1) is 17.9. The van der Waals surface area contributed by atoms with Gasteiger partial charge in [0, 0.05) is 23.8 Å². The summed E-state index contributed by atoms with van der Waals surface area (Å²) in [7, 11) is -3.78. The highest BCUT2D eigenvalue weighted by atomic mass is 32.2. The van der Waals surface area contributed by atoms with Gasteiger partial charge >= 0.3 is 0 Å². The highest BCUT2D eigenvalue weighted by molar-refractivity contribution is 7.89. The zero-order valence-electron chi connectivity index (χ0n) is 13.0. The van der Waals surface area contributed by atoms with Gasteiger partial charge < -0.3 is 10.6 Å². The number of hydrogen-bond acceptors (Lipinski definition) is 4. The fourth-order valence-electron chi connectivity index (χ4n) is 2.07. The molecule has 3 N–H and O–H groups in total. The lowest BCUT2D eigenvalue weighted by Gasteiger charge is -2.23. The molecule has 1 aromatic carbocycles. The molecule has 0 aliphatic carbocycles. The van der Waals surface area contributed by atoms with Gasteiger partial charge in [-0.05, 0) is 39.1 Å². The lowest BCUT2D eigenvalue weighted by Crippen LogP contribution is -2.41. The van der Waals surface area contributed by atoms with Gasteiger partial charge in [0.05, 0.1) is 4.90 Å². The molecule has 1 unspecified atom stereocenters. The number of nitrogens with one attached hydrogen (secondary N) is 1. The van der Waals surface area contributed by atoms with E-state index in [0.717, 1.165) is 19.2 Å². The number of hydrogen-bond donors (Lipinski definition) is 2. The predicted octanol–water partition coefficient (Wildman–Crippen LogP) is 1.72. The van der Waals surface area contributed by atoms with Gasteiger partial charge in [0.1, 0.15) is 5.82 Å². The maximum atomic E-state index is 13.6. The molecule has 0 heterocycles. The fourth-order valence-corrected chi connectivity index (χ4v) is 3.35. The summed E-state index contributed by atoms with van der Waals surface area (Å²) in [6.07, 6.45) is 0. The number of sulfonamides is 1.